The summed E-state index contributed by atoms with van der Waals surface area (Å²) in [4.78, 5) is 27.9. The molecule has 0 saturated heterocycles. The van der Waals surface area contributed by atoms with Gasteiger partial charge in [0.25, 0.3) is 10.0 Å². The van der Waals surface area contributed by atoms with Crippen molar-refractivity contribution in [2.45, 2.75) is 78.0 Å². The molecule has 10 nitrogen and oxygen atoms in total. The van der Waals surface area contributed by atoms with Crippen molar-refractivity contribution in [2.75, 3.05) is 18.9 Å². The van der Waals surface area contributed by atoms with E-state index in [1.807, 2.05) is 39.0 Å². The van der Waals surface area contributed by atoms with Gasteiger partial charge in [-0.2, -0.15) is 0 Å². The van der Waals surface area contributed by atoms with Crippen LogP contribution in [0.5, 0.6) is 0 Å². The third kappa shape index (κ3) is 7.57. The van der Waals surface area contributed by atoms with Crippen LogP contribution in [-0.4, -0.2) is 50.5 Å². The highest BCUT2D eigenvalue weighted by atomic mass is 32.2. The van der Waals surface area contributed by atoms with Crippen LogP contribution < -0.4 is 10.0 Å². The van der Waals surface area contributed by atoms with Crippen molar-refractivity contribution in [3.63, 3.8) is 0 Å². The molecule has 1 heterocycles. The van der Waals surface area contributed by atoms with Crippen molar-refractivity contribution in [1.29, 1.82) is 0 Å². The third-order valence-electron chi connectivity index (χ3n) is 7.22. The van der Waals surface area contributed by atoms with E-state index in [-0.39, 0.29) is 41.6 Å². The number of nitrogens with one attached hydrogen (secondary N) is 2. The van der Waals surface area contributed by atoms with Crippen molar-refractivity contribution < 1.29 is 27.3 Å². The summed E-state index contributed by atoms with van der Waals surface area (Å²) in [6.07, 6.45) is 1.95. The number of likely N-dealkylation sites (N-methyl/N-ethyl adjacent to an activating group) is 1. The lowest BCUT2D eigenvalue weighted by molar-refractivity contribution is -0.142. The fourth-order valence-electron chi connectivity index (χ4n) is 4.86. The van der Waals surface area contributed by atoms with E-state index in [0.717, 1.165) is 24.0 Å². The Morgan fingerprint density at radius 2 is 1.81 bits per heavy atom. The van der Waals surface area contributed by atoms with Gasteiger partial charge in [-0.1, -0.05) is 68.7 Å². The molecule has 3 aromatic rings. The summed E-state index contributed by atoms with van der Waals surface area (Å²) in [7, 11) is -0.887. The highest BCUT2D eigenvalue weighted by Crippen LogP contribution is 2.33. The predicted octanol–water partition coefficient (Wildman–Crippen LogP) is 5.20. The molecule has 11 heteroatoms. The maximum absolute atomic E-state index is 13.5. The summed E-state index contributed by atoms with van der Waals surface area (Å²) >= 11 is 0. The molecule has 0 bridgehead atoms. The zero-order valence-electron chi connectivity index (χ0n) is 25.5. The van der Waals surface area contributed by atoms with Crippen LogP contribution >= 0.6 is 0 Å². The van der Waals surface area contributed by atoms with E-state index in [4.69, 9.17) is 9.26 Å². The number of nitrogens with zero attached hydrogens (tertiary/aromatic N) is 2. The molecule has 2 amide bonds. The van der Waals surface area contributed by atoms with Crippen molar-refractivity contribution in [3.8, 4) is 11.1 Å². The van der Waals surface area contributed by atoms with Crippen molar-refractivity contribution in [2.24, 2.45) is 5.92 Å². The van der Waals surface area contributed by atoms with Crippen molar-refractivity contribution in [1.82, 2.24) is 15.4 Å². The summed E-state index contributed by atoms with van der Waals surface area (Å²) < 4.78 is 40.2. The number of benzene rings is 2. The van der Waals surface area contributed by atoms with Gasteiger partial charge in [0.15, 0.2) is 5.82 Å². The van der Waals surface area contributed by atoms with Crippen LogP contribution in [0.25, 0.3) is 11.1 Å². The number of sulfonamides is 1. The maximum Gasteiger partial charge on any atom is 0.263 e. The van der Waals surface area contributed by atoms with Crippen LogP contribution in [0, 0.1) is 19.8 Å². The molecule has 0 spiro atoms. The van der Waals surface area contributed by atoms with Gasteiger partial charge >= 0.3 is 0 Å². The minimum absolute atomic E-state index is 0.0750. The van der Waals surface area contributed by atoms with Crippen LogP contribution in [-0.2, 0) is 37.5 Å². The van der Waals surface area contributed by atoms with Crippen molar-refractivity contribution in [3.05, 3.63) is 64.9 Å². The van der Waals surface area contributed by atoms with Crippen LogP contribution in [0.2, 0.25) is 0 Å². The molecule has 1 atom stereocenters. The molecule has 2 aromatic carbocycles. The van der Waals surface area contributed by atoms with Crippen molar-refractivity contribution >= 4 is 27.7 Å². The number of carbonyl (C=O) groups excluding carboxylic acids is 2. The average molecular weight is 599 g/mol. The van der Waals surface area contributed by atoms with E-state index in [1.54, 1.807) is 51.1 Å². The van der Waals surface area contributed by atoms with E-state index in [9.17, 15) is 18.0 Å². The molecular formula is C31H42N4O6S. The van der Waals surface area contributed by atoms with Crippen LogP contribution in [0.3, 0.4) is 0 Å². The number of rotatable bonds is 14. The fraction of sp³-hybridized carbons (Fsp3) is 0.452. The average Bonchev–Trinajstić information content (AvgIpc) is 3.27. The molecule has 0 saturated carbocycles. The number of amides is 2. The standard InChI is InChI=1S/C31H42N4O6S/c1-8-9-14-28(36)35(29(20(2)3)31(37)32-6)18-23-15-16-25(24(17-23)19-40-7)26-12-10-11-13-27(26)42(38,39)34-30-21(4)22(5)41-33-30/h10-13,15-17,20,29H,8-9,14,18-19H2,1-7H3,(H,32,37)(H,33,34)/t29-/m0/s1. The Labute approximate surface area is 248 Å². The van der Waals surface area contributed by atoms with Gasteiger partial charge < -0.3 is 19.5 Å². The lowest BCUT2D eigenvalue weighted by Gasteiger charge is -2.33. The molecule has 0 aliphatic heterocycles. The van der Waals surface area contributed by atoms with E-state index < -0.39 is 16.1 Å². The molecule has 228 valence electrons. The molecule has 0 aliphatic carbocycles. The Hall–Kier alpha value is -3.70. The quantitative estimate of drug-likeness (QED) is 0.261. The fourth-order valence-corrected chi connectivity index (χ4v) is 6.14. The van der Waals surface area contributed by atoms with E-state index >= 15 is 0 Å². The number of unbranched alkanes of at least 4 members (excludes halogenated alkanes) is 1. The predicted molar refractivity (Wildman–Crippen MR) is 162 cm³/mol. The van der Waals surface area contributed by atoms with Gasteiger partial charge in [0.2, 0.25) is 11.8 Å². The van der Waals surface area contributed by atoms with E-state index in [0.29, 0.717) is 28.9 Å². The monoisotopic (exact) mass is 598 g/mol. The molecule has 0 radical (unpaired) electrons. The normalized spacial score (nSPS) is 12.3. The highest BCUT2D eigenvalue weighted by Gasteiger charge is 2.32. The van der Waals surface area contributed by atoms with Gasteiger partial charge in [0.05, 0.1) is 11.5 Å². The lowest BCUT2D eigenvalue weighted by Crippen LogP contribution is -2.51. The number of hydrogen-bond donors (Lipinski definition) is 2. The molecule has 3 rings (SSSR count). The highest BCUT2D eigenvalue weighted by molar-refractivity contribution is 7.92. The number of aromatic nitrogens is 1. The topological polar surface area (TPSA) is 131 Å². The minimum atomic E-state index is -4.03. The third-order valence-corrected chi connectivity index (χ3v) is 8.62. The number of ether oxygens (including phenoxy) is 1. The largest absolute Gasteiger partial charge is 0.380 e. The van der Waals surface area contributed by atoms with Gasteiger partial charge in [0, 0.05) is 38.2 Å². The Kier molecular flexibility index (Phi) is 11.3. The Bertz CT molecular complexity index is 1500. The second-order valence-corrected chi connectivity index (χ2v) is 12.3. The summed E-state index contributed by atoms with van der Waals surface area (Å²) in [6.45, 7) is 9.74. The first kappa shape index (κ1) is 32.8. The Morgan fingerprint density at radius 1 is 1.10 bits per heavy atom. The Morgan fingerprint density at radius 3 is 2.40 bits per heavy atom. The Balaban J connectivity index is 2.05. The molecular weight excluding hydrogens is 556 g/mol. The molecule has 0 unspecified atom stereocenters. The number of anilines is 1. The lowest BCUT2D eigenvalue weighted by atomic mass is 9.96. The first-order valence-corrected chi connectivity index (χ1v) is 15.6. The van der Waals surface area contributed by atoms with Gasteiger partial charge in [-0.25, -0.2) is 8.42 Å². The number of methoxy groups -OCH3 is 1. The molecule has 0 fully saturated rings. The summed E-state index contributed by atoms with van der Waals surface area (Å²) in [5.41, 5.74) is 3.31. The smallest absolute Gasteiger partial charge is 0.263 e. The minimum Gasteiger partial charge on any atom is -0.380 e. The van der Waals surface area contributed by atoms with E-state index in [2.05, 4.69) is 15.2 Å². The number of hydrogen-bond acceptors (Lipinski definition) is 7. The van der Waals surface area contributed by atoms with Crippen LogP contribution in [0.15, 0.2) is 51.9 Å². The second kappa shape index (κ2) is 14.5. The molecule has 0 aliphatic rings. The first-order chi connectivity index (χ1) is 19.9. The first-order valence-electron chi connectivity index (χ1n) is 14.1. The van der Waals surface area contributed by atoms with Crippen LogP contribution in [0.4, 0.5) is 5.82 Å². The van der Waals surface area contributed by atoms with Gasteiger partial charge in [-0.3, -0.25) is 14.3 Å². The van der Waals surface area contributed by atoms with Crippen LogP contribution in [0.1, 0.15) is 62.5 Å². The molecule has 2 N–H and O–H groups in total. The summed E-state index contributed by atoms with van der Waals surface area (Å²) in [6, 6.07) is 11.7. The molecule has 42 heavy (non-hydrogen) atoms. The SMILES string of the molecule is CCCCC(=O)N(Cc1ccc(-c2ccccc2S(=O)(=O)Nc2noc(C)c2C)c(COC)c1)[C@H](C(=O)NC)C(C)C. The molecule has 1 aromatic heterocycles. The van der Waals surface area contributed by atoms with Gasteiger partial charge in [-0.05, 0) is 48.9 Å². The maximum atomic E-state index is 13.5. The zero-order chi connectivity index (χ0) is 31.0. The second-order valence-electron chi connectivity index (χ2n) is 10.7. The van der Waals surface area contributed by atoms with Gasteiger partial charge in [-0.15, -0.1) is 0 Å². The number of aryl methyl sites for hydroxylation is 1. The zero-order valence-corrected chi connectivity index (χ0v) is 26.3. The van der Waals surface area contributed by atoms with Gasteiger partial charge in [0.1, 0.15) is 11.8 Å². The summed E-state index contributed by atoms with van der Waals surface area (Å²) in [5, 5.41) is 6.55. The number of carbonyl (C=O) groups is 2. The van der Waals surface area contributed by atoms with E-state index in [1.165, 1.54) is 6.07 Å². The summed E-state index contributed by atoms with van der Waals surface area (Å²) in [5.74, 6) is 0.260.